The van der Waals surface area contributed by atoms with Gasteiger partial charge in [0.25, 0.3) is 0 Å². The lowest BCUT2D eigenvalue weighted by Gasteiger charge is -2.20. The fraction of sp³-hybridized carbons (Fsp3) is 0.542. The molecule has 0 saturated carbocycles. The Labute approximate surface area is 204 Å². The van der Waals surface area contributed by atoms with E-state index in [9.17, 15) is 24.0 Å². The van der Waals surface area contributed by atoms with Crippen LogP contribution in [0.15, 0.2) is 24.3 Å². The average Bonchev–Trinajstić information content (AvgIpc) is 2.81. The number of methoxy groups -OCH3 is 1. The van der Waals surface area contributed by atoms with Crippen LogP contribution in [-0.4, -0.2) is 67.4 Å². The normalized spacial score (nSPS) is 13.4. The summed E-state index contributed by atoms with van der Waals surface area (Å²) in [6.07, 6.45) is -0.714. The predicted molar refractivity (Wildman–Crippen MR) is 127 cm³/mol. The van der Waals surface area contributed by atoms with Crippen molar-refractivity contribution in [1.29, 1.82) is 0 Å². The molecule has 0 unspecified atom stereocenters. The molecule has 0 radical (unpaired) electrons. The van der Waals surface area contributed by atoms with Crippen LogP contribution < -0.4 is 16.4 Å². The highest BCUT2D eigenvalue weighted by Crippen LogP contribution is 2.16. The molecule has 1 aromatic rings. The van der Waals surface area contributed by atoms with Crippen molar-refractivity contribution in [1.82, 2.24) is 5.32 Å². The summed E-state index contributed by atoms with van der Waals surface area (Å²) >= 11 is 0. The van der Waals surface area contributed by atoms with E-state index in [1.54, 1.807) is 31.2 Å². The van der Waals surface area contributed by atoms with Gasteiger partial charge in [0.1, 0.15) is 6.61 Å². The quantitative estimate of drug-likeness (QED) is 0.225. The summed E-state index contributed by atoms with van der Waals surface area (Å²) in [7, 11) is 1.51. The molecule has 0 aliphatic carbocycles. The van der Waals surface area contributed by atoms with E-state index in [-0.39, 0.29) is 44.9 Å². The Morgan fingerprint density at radius 1 is 0.971 bits per heavy atom. The molecule has 0 heterocycles. The molecule has 0 aliphatic rings. The number of carbonyl (C=O) groups excluding carboxylic acids is 5. The van der Waals surface area contributed by atoms with Crippen LogP contribution in [0.2, 0.25) is 0 Å². The molecule has 0 aliphatic heterocycles. The number of aliphatic hydroxyl groups is 1. The zero-order valence-corrected chi connectivity index (χ0v) is 20.4. The molecular weight excluding hydrogens is 458 g/mol. The number of carbonyl (C=O) groups is 5. The highest BCUT2D eigenvalue weighted by atomic mass is 16.5. The summed E-state index contributed by atoms with van der Waals surface area (Å²) in [4.78, 5) is 61.2. The predicted octanol–water partition coefficient (Wildman–Crippen LogP) is 0.331. The minimum atomic E-state index is -1.03. The maximum absolute atomic E-state index is 12.7. The number of rotatable bonds is 17. The van der Waals surface area contributed by atoms with Crippen molar-refractivity contribution in [2.45, 2.75) is 45.8 Å². The highest BCUT2D eigenvalue weighted by molar-refractivity contribution is 5.99. The molecular formula is C24H35N3O8. The smallest absolute Gasteiger partial charge is 0.228 e. The zero-order chi connectivity index (χ0) is 26.4. The van der Waals surface area contributed by atoms with Crippen LogP contribution in [0.5, 0.6) is 0 Å². The summed E-state index contributed by atoms with van der Waals surface area (Å²) in [5.41, 5.74) is 6.34. The number of nitrogens with two attached hydrogens (primary N) is 1. The molecule has 0 aromatic heterocycles. The fourth-order valence-corrected chi connectivity index (χ4v) is 3.12. The lowest BCUT2D eigenvalue weighted by atomic mass is 9.94. The van der Waals surface area contributed by atoms with E-state index in [0.717, 1.165) is 0 Å². The van der Waals surface area contributed by atoms with E-state index in [0.29, 0.717) is 17.9 Å². The minimum Gasteiger partial charge on any atom is -0.392 e. The van der Waals surface area contributed by atoms with Gasteiger partial charge in [-0.25, -0.2) is 0 Å². The van der Waals surface area contributed by atoms with Gasteiger partial charge in [-0.3, -0.25) is 24.0 Å². The number of anilines is 1. The van der Waals surface area contributed by atoms with Crippen molar-refractivity contribution in [3.05, 3.63) is 29.8 Å². The molecule has 3 atom stereocenters. The molecule has 0 fully saturated rings. The molecule has 3 amide bonds. The van der Waals surface area contributed by atoms with E-state index in [1.165, 1.54) is 14.0 Å². The first-order chi connectivity index (χ1) is 16.6. The largest absolute Gasteiger partial charge is 0.392 e. The van der Waals surface area contributed by atoms with Crippen molar-refractivity contribution in [3.8, 4) is 0 Å². The van der Waals surface area contributed by atoms with Crippen molar-refractivity contribution < 1.29 is 38.6 Å². The number of nitrogens with one attached hydrogen (secondary N) is 2. The summed E-state index contributed by atoms with van der Waals surface area (Å²) in [5.74, 6) is -4.23. The van der Waals surface area contributed by atoms with Gasteiger partial charge in [0.15, 0.2) is 11.6 Å². The van der Waals surface area contributed by atoms with Gasteiger partial charge in [-0.2, -0.15) is 0 Å². The van der Waals surface area contributed by atoms with Crippen molar-refractivity contribution >= 4 is 35.0 Å². The second kappa shape index (κ2) is 15.7. The first-order valence-electron chi connectivity index (χ1n) is 11.3. The molecule has 0 saturated heterocycles. The maximum atomic E-state index is 12.7. The monoisotopic (exact) mass is 493 g/mol. The lowest BCUT2D eigenvalue weighted by Crippen LogP contribution is -2.43. The number of benzene rings is 1. The van der Waals surface area contributed by atoms with E-state index in [1.807, 2.05) is 0 Å². The number of Topliss-reactive ketones (excluding diaryl/α,β-unsaturated/α-hetero) is 2. The summed E-state index contributed by atoms with van der Waals surface area (Å²) in [5, 5.41) is 14.3. The molecule has 0 bridgehead atoms. The molecule has 1 rings (SSSR count). The zero-order valence-electron chi connectivity index (χ0n) is 20.4. The van der Waals surface area contributed by atoms with Gasteiger partial charge < -0.3 is 30.9 Å². The van der Waals surface area contributed by atoms with Crippen LogP contribution in [-0.2, 0) is 40.1 Å². The van der Waals surface area contributed by atoms with Gasteiger partial charge in [-0.05, 0) is 24.6 Å². The van der Waals surface area contributed by atoms with Crippen molar-refractivity contribution in [3.63, 3.8) is 0 Å². The number of hydrogen-bond donors (Lipinski definition) is 4. The second-order valence-electron chi connectivity index (χ2n) is 8.30. The maximum Gasteiger partial charge on any atom is 0.228 e. The van der Waals surface area contributed by atoms with E-state index < -0.39 is 41.4 Å². The minimum absolute atomic E-state index is 0.0541. The van der Waals surface area contributed by atoms with Crippen LogP contribution in [0.1, 0.15) is 38.7 Å². The first-order valence-corrected chi connectivity index (χ1v) is 11.3. The molecule has 194 valence electrons. The summed E-state index contributed by atoms with van der Waals surface area (Å²) < 4.78 is 9.96. The van der Waals surface area contributed by atoms with Gasteiger partial charge in [-0.15, -0.1) is 0 Å². The number of primary amides is 1. The number of ether oxygens (including phenoxy) is 2. The molecule has 35 heavy (non-hydrogen) atoms. The van der Waals surface area contributed by atoms with Crippen LogP contribution >= 0.6 is 0 Å². The third-order valence-electron chi connectivity index (χ3n) is 5.19. The van der Waals surface area contributed by atoms with Gasteiger partial charge >= 0.3 is 0 Å². The Morgan fingerprint density at radius 3 is 2.20 bits per heavy atom. The molecule has 11 nitrogen and oxygen atoms in total. The number of hydrogen-bond acceptors (Lipinski definition) is 8. The highest BCUT2D eigenvalue weighted by Gasteiger charge is 2.28. The fourth-order valence-electron chi connectivity index (χ4n) is 3.12. The Balaban J connectivity index is 2.64. The Bertz CT molecular complexity index is 872. The molecule has 5 N–H and O–H groups in total. The van der Waals surface area contributed by atoms with Crippen LogP contribution in [0.4, 0.5) is 5.69 Å². The Hall–Kier alpha value is -3.15. The Morgan fingerprint density at radius 2 is 1.63 bits per heavy atom. The first kappa shape index (κ1) is 29.9. The van der Waals surface area contributed by atoms with E-state index in [2.05, 4.69) is 10.6 Å². The van der Waals surface area contributed by atoms with Crippen LogP contribution in [0.25, 0.3) is 0 Å². The van der Waals surface area contributed by atoms with E-state index in [4.69, 9.17) is 20.3 Å². The average molecular weight is 494 g/mol. The molecule has 0 spiro atoms. The third-order valence-corrected chi connectivity index (χ3v) is 5.19. The Kier molecular flexibility index (Phi) is 13.4. The van der Waals surface area contributed by atoms with E-state index >= 15 is 0 Å². The van der Waals surface area contributed by atoms with Crippen molar-refractivity contribution in [2.24, 2.45) is 17.6 Å². The van der Waals surface area contributed by atoms with Gasteiger partial charge in [0.05, 0.1) is 31.8 Å². The number of ketones is 2. The molecule has 1 aromatic carbocycles. The number of aliphatic hydroxyl groups excluding tert-OH is 1. The SMILES string of the molecule is COCCOCC(=O)C[C@@H](C)C(=O)N[C@@H](C)C(=O)C[C@@H](CC(N)=O)C(=O)Nc1ccc(CO)cc1. The third kappa shape index (κ3) is 11.7. The van der Waals surface area contributed by atoms with Gasteiger partial charge in [0.2, 0.25) is 17.7 Å². The van der Waals surface area contributed by atoms with Gasteiger partial charge in [-0.1, -0.05) is 19.1 Å². The topological polar surface area (TPSA) is 174 Å². The van der Waals surface area contributed by atoms with Crippen LogP contribution in [0, 0.1) is 11.8 Å². The number of amides is 3. The van der Waals surface area contributed by atoms with Gasteiger partial charge in [0, 0.05) is 38.0 Å². The lowest BCUT2D eigenvalue weighted by molar-refractivity contribution is -0.134. The standard InChI is InChI=1S/C24H35N3O8/c1-15(10-20(29)14-35-9-8-34-3)23(32)26-16(2)21(30)11-18(12-22(25)31)24(33)27-19-6-4-17(13-28)5-7-19/h4-7,15-16,18,28H,8-14H2,1-3H3,(H2,25,31)(H,26,32)(H,27,33)/t15-,16+,18+/m1/s1. The molecule has 11 heteroatoms. The second-order valence-corrected chi connectivity index (χ2v) is 8.30. The van der Waals surface area contributed by atoms with Crippen molar-refractivity contribution in [2.75, 3.05) is 32.2 Å². The summed E-state index contributed by atoms with van der Waals surface area (Å²) in [6.45, 7) is 3.37. The summed E-state index contributed by atoms with van der Waals surface area (Å²) in [6, 6.07) is 5.48. The van der Waals surface area contributed by atoms with Crippen LogP contribution in [0.3, 0.4) is 0 Å².